The molecule has 0 aromatic heterocycles. The van der Waals surface area contributed by atoms with Crippen molar-refractivity contribution in [2.45, 2.75) is 24.3 Å². The van der Waals surface area contributed by atoms with Gasteiger partial charge in [-0.2, -0.15) is 0 Å². The summed E-state index contributed by atoms with van der Waals surface area (Å²) < 4.78 is 0. The third kappa shape index (κ3) is 2.54. The smallest absolute Gasteiger partial charge is 0.0857 e. The van der Waals surface area contributed by atoms with Gasteiger partial charge in [-0.05, 0) is 0 Å². The van der Waals surface area contributed by atoms with Crippen LogP contribution in [0.2, 0.25) is 24.3 Å². The Morgan fingerprint density at radius 2 is 1.12 bits per heavy atom. The normalized spacial score (nSPS) is 17.5. The fourth-order valence-electron chi connectivity index (χ4n) is 0.805. The van der Waals surface area contributed by atoms with E-state index in [0.29, 0.717) is 0 Å². The van der Waals surface area contributed by atoms with Crippen LogP contribution in [0.4, 0.5) is 0 Å². The van der Waals surface area contributed by atoms with E-state index in [-0.39, 0.29) is 0 Å². The fraction of sp³-hybridized carbons (Fsp3) is 1.00. The first-order valence-corrected chi connectivity index (χ1v) is 3.72. The van der Waals surface area contributed by atoms with Crippen molar-refractivity contribution < 1.29 is 0 Å². The molecule has 0 aliphatic carbocycles. The molecule has 2 atom stereocenters. The van der Waals surface area contributed by atoms with Gasteiger partial charge in [0.15, 0.2) is 0 Å². The van der Waals surface area contributed by atoms with Gasteiger partial charge in [-0.15, -0.1) is 0 Å². The maximum absolute atomic E-state index is 2.33. The molecule has 8 heavy (non-hydrogen) atoms. The number of hydrogen-bond acceptors (Lipinski definition) is 0. The Bertz CT molecular complexity index is 48.0. The van der Waals surface area contributed by atoms with E-state index in [0.717, 1.165) is 11.6 Å². The van der Waals surface area contributed by atoms with Gasteiger partial charge in [-0.1, -0.05) is 24.3 Å². The molecule has 0 aromatic rings. The highest BCUT2D eigenvalue weighted by Gasteiger charge is 2.05. The van der Waals surface area contributed by atoms with Crippen molar-refractivity contribution in [1.82, 2.24) is 0 Å². The van der Waals surface area contributed by atoms with Gasteiger partial charge in [0.05, 0.1) is 0 Å². The van der Waals surface area contributed by atoms with Gasteiger partial charge < -0.3 is 0 Å². The van der Waals surface area contributed by atoms with E-state index >= 15 is 0 Å². The van der Waals surface area contributed by atoms with E-state index in [1.54, 1.807) is 0 Å². The lowest BCUT2D eigenvalue weighted by molar-refractivity contribution is 0.871. The number of rotatable bonds is 3. The van der Waals surface area contributed by atoms with Gasteiger partial charge in [0.2, 0.25) is 0 Å². The fourth-order valence-corrected chi connectivity index (χ4v) is 0.805. The molecule has 0 spiro atoms. The van der Waals surface area contributed by atoms with E-state index in [9.17, 15) is 0 Å². The predicted molar refractivity (Wildman–Crippen MR) is 51.3 cm³/mol. The second-order valence-corrected chi connectivity index (χ2v) is 2.77. The summed E-state index contributed by atoms with van der Waals surface area (Å²) in [6, 6.07) is 0. The molecule has 0 aromatic carbocycles. The first kappa shape index (κ1) is 8.26. The molecule has 0 saturated carbocycles. The van der Waals surface area contributed by atoms with Crippen LogP contribution >= 0.6 is 0 Å². The summed E-state index contributed by atoms with van der Waals surface area (Å²) in [6.07, 6.45) is 2.66. The standard InChI is InChI=1S/C4H14B4/c5-1-3(7)4(8)2-6/h3-4H,1-2,5-8H2. The Balaban J connectivity index is 3.29. The average molecular weight is 105 g/mol. The number of hydrogen-bond donors (Lipinski definition) is 0. The van der Waals surface area contributed by atoms with Crippen molar-refractivity contribution in [3.05, 3.63) is 0 Å². The second kappa shape index (κ2) is 4.17. The van der Waals surface area contributed by atoms with Crippen LogP contribution in [0.1, 0.15) is 0 Å². The molecule has 0 amide bonds. The van der Waals surface area contributed by atoms with Crippen molar-refractivity contribution in [2.75, 3.05) is 0 Å². The first-order valence-electron chi connectivity index (χ1n) is 3.72. The summed E-state index contributed by atoms with van der Waals surface area (Å²) in [6.45, 7) is 0. The van der Waals surface area contributed by atoms with Crippen LogP contribution in [0.25, 0.3) is 0 Å². The second-order valence-electron chi connectivity index (χ2n) is 2.77. The van der Waals surface area contributed by atoms with Gasteiger partial charge in [0, 0.05) is 0 Å². The van der Waals surface area contributed by atoms with E-state index in [4.69, 9.17) is 0 Å². The molecule has 0 fully saturated rings. The molecule has 0 aliphatic rings. The largest absolute Gasteiger partial charge is 0.103 e. The first-order chi connectivity index (χ1) is 3.72. The molecule has 0 heterocycles. The zero-order chi connectivity index (χ0) is 6.57. The Hall–Kier alpha value is 0.260. The third-order valence-electron chi connectivity index (χ3n) is 2.26. The molecule has 0 bridgehead atoms. The predicted octanol–water partition coefficient (Wildman–Crippen LogP) is -2.07. The molecule has 0 radical (unpaired) electrons. The lowest BCUT2D eigenvalue weighted by Crippen LogP contribution is -2.01. The van der Waals surface area contributed by atoms with Crippen molar-refractivity contribution >= 4 is 31.4 Å². The minimum Gasteiger partial charge on any atom is -0.0857 e. The lowest BCUT2D eigenvalue weighted by Gasteiger charge is -2.14. The Morgan fingerprint density at radius 1 is 0.875 bits per heavy atom. The zero-order valence-electron chi connectivity index (χ0n) is 6.57. The van der Waals surface area contributed by atoms with Gasteiger partial charge >= 0.3 is 0 Å². The van der Waals surface area contributed by atoms with Gasteiger partial charge in [0.25, 0.3) is 0 Å². The summed E-state index contributed by atoms with van der Waals surface area (Å²) in [5.41, 5.74) is 0. The van der Waals surface area contributed by atoms with E-state index < -0.39 is 0 Å². The SMILES string of the molecule is BCC(B)C(B)CB. The quantitative estimate of drug-likeness (QED) is 0.362. The van der Waals surface area contributed by atoms with Crippen molar-refractivity contribution in [2.24, 2.45) is 0 Å². The molecule has 0 N–H and O–H groups in total. The van der Waals surface area contributed by atoms with E-state index in [2.05, 4.69) is 31.4 Å². The van der Waals surface area contributed by atoms with Crippen LogP contribution in [0, 0.1) is 0 Å². The molecule has 0 saturated heterocycles. The summed E-state index contributed by atoms with van der Waals surface area (Å²) in [7, 11) is 9.18. The highest BCUT2D eigenvalue weighted by molar-refractivity contribution is 6.27. The molecule has 0 nitrogen and oxygen atoms in total. The minimum absolute atomic E-state index is 0.917. The average Bonchev–Trinajstić information content (AvgIpc) is 1.84. The molecular formula is C4H14B4. The van der Waals surface area contributed by atoms with Crippen LogP contribution in [0.15, 0.2) is 0 Å². The lowest BCUT2D eigenvalue weighted by atomic mass is 9.58. The van der Waals surface area contributed by atoms with Crippen molar-refractivity contribution in [3.63, 3.8) is 0 Å². The Morgan fingerprint density at radius 3 is 1.25 bits per heavy atom. The molecule has 4 heteroatoms. The van der Waals surface area contributed by atoms with Crippen LogP contribution < -0.4 is 0 Å². The third-order valence-corrected chi connectivity index (χ3v) is 2.26. The molecule has 0 aliphatic heterocycles. The molecule has 0 rings (SSSR count). The molecule has 2 unspecified atom stereocenters. The van der Waals surface area contributed by atoms with Crippen LogP contribution in [-0.4, -0.2) is 31.4 Å². The minimum atomic E-state index is 0.917. The highest BCUT2D eigenvalue weighted by Crippen LogP contribution is 2.22. The van der Waals surface area contributed by atoms with E-state index in [1.165, 1.54) is 12.6 Å². The Labute approximate surface area is 56.4 Å². The Kier molecular flexibility index (Phi) is 4.31. The van der Waals surface area contributed by atoms with Gasteiger partial charge in [0.1, 0.15) is 31.4 Å². The highest BCUT2D eigenvalue weighted by atomic mass is 14.0. The topological polar surface area (TPSA) is 0 Å². The molecule has 42 valence electrons. The maximum atomic E-state index is 2.33. The summed E-state index contributed by atoms with van der Waals surface area (Å²) in [4.78, 5) is 0. The van der Waals surface area contributed by atoms with Gasteiger partial charge in [-0.3, -0.25) is 0 Å². The monoisotopic (exact) mass is 106 g/mol. The van der Waals surface area contributed by atoms with E-state index in [1.807, 2.05) is 0 Å². The van der Waals surface area contributed by atoms with Gasteiger partial charge in [-0.25, -0.2) is 0 Å². The van der Waals surface area contributed by atoms with Crippen LogP contribution in [-0.2, 0) is 0 Å². The van der Waals surface area contributed by atoms with Crippen LogP contribution in [0.3, 0.4) is 0 Å². The zero-order valence-corrected chi connectivity index (χ0v) is 6.57. The van der Waals surface area contributed by atoms with Crippen molar-refractivity contribution in [1.29, 1.82) is 0 Å². The van der Waals surface area contributed by atoms with Crippen LogP contribution in [0.5, 0.6) is 0 Å². The summed E-state index contributed by atoms with van der Waals surface area (Å²) in [5, 5.41) is 0. The summed E-state index contributed by atoms with van der Waals surface area (Å²) in [5.74, 6) is 1.83. The maximum Gasteiger partial charge on any atom is 0.103 e. The van der Waals surface area contributed by atoms with Crippen molar-refractivity contribution in [3.8, 4) is 0 Å². The summed E-state index contributed by atoms with van der Waals surface area (Å²) >= 11 is 0. The molecular weight excluding hydrogens is 91.3 g/mol.